The van der Waals surface area contributed by atoms with Crippen molar-refractivity contribution in [3.05, 3.63) is 70.3 Å². The van der Waals surface area contributed by atoms with E-state index in [-0.39, 0.29) is 10.7 Å². The Labute approximate surface area is 315 Å². The summed E-state index contributed by atoms with van der Waals surface area (Å²) >= 11 is 0. The number of hydrogen-bond acceptors (Lipinski definition) is 4. The lowest BCUT2D eigenvalue weighted by molar-refractivity contribution is -0.0517. The second kappa shape index (κ2) is 13.4. The van der Waals surface area contributed by atoms with Crippen molar-refractivity contribution in [1.29, 1.82) is 0 Å². The molecule has 53 heavy (non-hydrogen) atoms. The highest BCUT2D eigenvalue weighted by Crippen LogP contribution is 2.90. The average Bonchev–Trinajstić information content (AvgIpc) is 3.26. The quantitative estimate of drug-likeness (QED) is 0.0981. The fourth-order valence-electron chi connectivity index (χ4n) is 13.3. The van der Waals surface area contributed by atoms with Crippen LogP contribution in [0.3, 0.4) is 0 Å². The summed E-state index contributed by atoms with van der Waals surface area (Å²) in [6, 6.07) is 5.04. The van der Waals surface area contributed by atoms with E-state index < -0.39 is 34.5 Å². The van der Waals surface area contributed by atoms with Gasteiger partial charge in [0.1, 0.15) is 5.16 Å². The first kappa shape index (κ1) is 40.9. The van der Waals surface area contributed by atoms with E-state index in [0.717, 1.165) is 29.9 Å². The Morgan fingerprint density at radius 3 is 1.75 bits per heavy atom. The molecule has 1 saturated heterocycles. The molecule has 296 valence electrons. The Bertz CT molecular complexity index is 1750. The summed E-state index contributed by atoms with van der Waals surface area (Å²) in [5, 5.41) is 2.39. The highest BCUT2D eigenvalue weighted by Gasteiger charge is 2.77. The third kappa shape index (κ3) is 6.20. The second-order valence-electron chi connectivity index (χ2n) is 18.8. The summed E-state index contributed by atoms with van der Waals surface area (Å²) < 4.78 is 82.8. The van der Waals surface area contributed by atoms with Gasteiger partial charge in [-0.2, -0.15) is 13.2 Å². The first-order valence-corrected chi connectivity index (χ1v) is 23.5. The van der Waals surface area contributed by atoms with Crippen LogP contribution in [0.5, 0.6) is 0 Å². The Morgan fingerprint density at radius 2 is 1.38 bits per heavy atom. The number of rotatable bonds is 5. The Hall–Kier alpha value is -1.77. The van der Waals surface area contributed by atoms with Crippen molar-refractivity contribution < 1.29 is 34.9 Å². The molecule has 0 amide bonds. The van der Waals surface area contributed by atoms with Crippen LogP contribution in [0.2, 0.25) is 0 Å². The molecule has 1 aromatic rings. The number of alkyl halides is 3. The minimum atomic E-state index is -6.09. The van der Waals surface area contributed by atoms with Gasteiger partial charge in [0.15, 0.2) is 21.8 Å². The van der Waals surface area contributed by atoms with E-state index in [1.807, 2.05) is 17.0 Å². The maximum Gasteiger partial charge on any atom is 0.485 e. The zero-order valence-electron chi connectivity index (χ0n) is 32.9. The molecule has 5 fully saturated rings. The van der Waals surface area contributed by atoms with Crippen molar-refractivity contribution in [3.8, 4) is 0 Å². The highest BCUT2D eigenvalue weighted by atomic mass is 32.2. The van der Waals surface area contributed by atoms with Gasteiger partial charge < -0.3 is 9.45 Å². The molecule has 4 nitrogen and oxygen atoms in total. The van der Waals surface area contributed by atoms with Crippen molar-refractivity contribution in [3.63, 3.8) is 0 Å². The minimum Gasteiger partial charge on any atom is -0.741 e. The van der Waals surface area contributed by atoms with E-state index in [1.165, 1.54) is 56.8 Å². The van der Waals surface area contributed by atoms with Crippen molar-refractivity contribution in [2.24, 2.45) is 46.3 Å². The van der Waals surface area contributed by atoms with Gasteiger partial charge in [0.25, 0.3) is 0 Å². The molecule has 1 unspecified atom stereocenters. The number of allylic oxidation sites excluding steroid dienone is 5. The van der Waals surface area contributed by atoms with Crippen LogP contribution < -0.4 is 0 Å². The fourth-order valence-corrected chi connectivity index (χ4v) is 19.6. The smallest absolute Gasteiger partial charge is 0.485 e. The highest BCUT2D eigenvalue weighted by molar-refractivity contribution is 7.86. The third-order valence-electron chi connectivity index (χ3n) is 14.6. The van der Waals surface area contributed by atoms with E-state index in [9.17, 15) is 22.0 Å². The van der Waals surface area contributed by atoms with E-state index >= 15 is 0 Å². The Balaban J connectivity index is 0.000000250. The van der Waals surface area contributed by atoms with Crippen LogP contribution in [0.4, 0.5) is 22.0 Å². The van der Waals surface area contributed by atoms with E-state index in [4.69, 9.17) is 13.0 Å². The van der Waals surface area contributed by atoms with Gasteiger partial charge >= 0.3 is 5.51 Å². The van der Waals surface area contributed by atoms with Crippen molar-refractivity contribution in [2.75, 3.05) is 12.8 Å². The molecule has 5 aliphatic carbocycles. The maximum absolute atomic E-state index is 11.9. The fraction of sp³-hybridized carbons (Fsp3) is 0.714. The van der Waals surface area contributed by atoms with Crippen LogP contribution in [0, 0.1) is 58.0 Å². The third-order valence-corrected chi connectivity index (χ3v) is 20.4. The number of nitrogens with zero attached hydrogens (tertiary/aromatic N) is 1. The van der Waals surface area contributed by atoms with Crippen LogP contribution in [0.1, 0.15) is 113 Å². The van der Waals surface area contributed by atoms with Crippen LogP contribution >= 0.6 is 7.26 Å². The van der Waals surface area contributed by atoms with Crippen molar-refractivity contribution in [2.45, 2.75) is 129 Å². The van der Waals surface area contributed by atoms with Crippen LogP contribution in [-0.2, 0) is 10.1 Å². The normalized spacial score (nSPS) is 35.8. The van der Waals surface area contributed by atoms with Gasteiger partial charge in [0.05, 0.1) is 36.8 Å². The largest absolute Gasteiger partial charge is 0.741 e. The summed E-state index contributed by atoms with van der Waals surface area (Å²) in [5.41, 5.74) is 1.01. The molecule has 8 bridgehead atoms. The van der Waals surface area contributed by atoms with Crippen LogP contribution in [-0.4, -0.2) is 46.9 Å². The average molecular weight is 784 g/mol. The first-order valence-electron chi connectivity index (χ1n) is 19.7. The minimum absolute atomic E-state index is 0.197. The second-order valence-corrected chi connectivity index (χ2v) is 24.1. The van der Waals surface area contributed by atoms with E-state index in [1.54, 1.807) is 19.3 Å². The molecule has 10 rings (SSSR count). The molecule has 4 saturated carbocycles. The molecule has 9 aliphatic rings. The molecule has 3 atom stereocenters. The molecule has 0 radical (unpaired) electrons. The predicted molar refractivity (Wildman–Crippen MR) is 203 cm³/mol. The summed E-state index contributed by atoms with van der Waals surface area (Å²) in [5.74, 6) is 3.42. The zero-order chi connectivity index (χ0) is 39.3. The lowest BCUT2D eigenvalue weighted by atomic mass is 9.49. The molecule has 4 heterocycles. The van der Waals surface area contributed by atoms with Gasteiger partial charge in [-0.15, -0.1) is 0 Å². The molecule has 1 aromatic carbocycles. The molecular weight excluding hydrogens is 724 g/mol. The van der Waals surface area contributed by atoms with Gasteiger partial charge in [0.2, 0.25) is 0 Å². The molecule has 11 heteroatoms. The van der Waals surface area contributed by atoms with Crippen molar-refractivity contribution >= 4 is 17.4 Å². The standard InChI is InChI=1S/C35H55NP.C6H4F2.CHF3O3S/c1-10-33(11-2)21-32(7,8)36-29-28(22(3)4)27-12-13-35(29,23(5)6)37(9,20-27)31(30(33)36)34-17-24-14-25(18-34)16-26(15-24)19-34;7-5-3-1-2-4-6(5)8;2-1(3,4)8(5,6)7/h12-13,22-27H,10-11,14-21H2,1-9H3;1-4H;(H,5,6,7)/q+1;;/p-1/t24?,25?,26?,27-,34?,35+,37?;;/m1../s1. The molecule has 4 aliphatic heterocycles. The number of hydrogen-bond donors (Lipinski definition) is 0. The Morgan fingerprint density at radius 1 is 0.906 bits per heavy atom. The Kier molecular flexibility index (Phi) is 10.4. The summed E-state index contributed by atoms with van der Waals surface area (Å²) in [7, 11) is -7.53. The molecular formula is C42H59F5NO3PS. The SMILES string of the molecule is CCC1(CC)CC(C)(C)N2C1=C(C13CC4CC(CC(C4)C1)C3)[P+]1(C)C[C@H]3C=C[C@]1(C(C)C)C2=C3C(C)C.Fc1ccccc1F.O=S(=O)([O-])C(F)(F)F. The molecule has 0 spiro atoms. The summed E-state index contributed by atoms with van der Waals surface area (Å²) in [6.45, 7) is 23.5. The van der Waals surface area contributed by atoms with Crippen molar-refractivity contribution in [1.82, 2.24) is 4.90 Å². The van der Waals surface area contributed by atoms with Crippen LogP contribution in [0.15, 0.2) is 58.7 Å². The van der Waals surface area contributed by atoms with Gasteiger partial charge in [-0.3, -0.25) is 0 Å². The number of halogens is 5. The van der Waals surface area contributed by atoms with E-state index in [2.05, 4.69) is 84.4 Å². The number of fused-ring (bicyclic) bond motifs is 1. The monoisotopic (exact) mass is 783 g/mol. The van der Waals surface area contributed by atoms with Gasteiger partial charge in [-0.25, -0.2) is 17.2 Å². The van der Waals surface area contributed by atoms with Gasteiger partial charge in [-0.1, -0.05) is 59.8 Å². The summed E-state index contributed by atoms with van der Waals surface area (Å²) in [6.07, 6.45) is 20.2. The van der Waals surface area contributed by atoms with E-state index in [0.29, 0.717) is 28.6 Å². The van der Waals surface area contributed by atoms with Gasteiger partial charge in [-0.05, 0) is 119 Å². The van der Waals surface area contributed by atoms with Crippen LogP contribution in [0.25, 0.3) is 0 Å². The predicted octanol–water partition coefficient (Wildman–Crippen LogP) is 11.9. The molecule has 0 aromatic heterocycles. The maximum atomic E-state index is 11.9. The summed E-state index contributed by atoms with van der Waals surface area (Å²) in [4.78, 5) is 3.13. The number of benzene rings is 1. The lowest BCUT2D eigenvalue weighted by Crippen LogP contribution is -2.61. The lowest BCUT2D eigenvalue weighted by Gasteiger charge is -2.67. The van der Waals surface area contributed by atoms with Gasteiger partial charge in [0, 0.05) is 28.2 Å². The zero-order valence-corrected chi connectivity index (χ0v) is 34.6. The topological polar surface area (TPSA) is 60.4 Å². The molecule has 0 N–H and O–H groups in total. The first-order chi connectivity index (χ1) is 24.4.